The Morgan fingerprint density at radius 1 is 1.24 bits per heavy atom. The number of rotatable bonds is 6. The van der Waals surface area contributed by atoms with Crippen LogP contribution in [0.2, 0.25) is 0 Å². The Labute approximate surface area is 135 Å². The van der Waals surface area contributed by atoms with Crippen LogP contribution in [0, 0.1) is 0 Å². The number of sulfone groups is 1. The highest BCUT2D eigenvalue weighted by atomic mass is 79.9. The average molecular weight is 380 g/mol. The van der Waals surface area contributed by atoms with Gasteiger partial charge in [0.05, 0.1) is 25.0 Å². The fourth-order valence-electron chi connectivity index (χ4n) is 2.24. The molecule has 0 amide bonds. The lowest BCUT2D eigenvalue weighted by atomic mass is 9.94. The molecule has 0 aliphatic rings. The third-order valence-corrected chi connectivity index (χ3v) is 6.66. The van der Waals surface area contributed by atoms with Crippen LogP contribution in [0.1, 0.15) is 25.5 Å². The number of hydrogen-bond donors (Lipinski definition) is 1. The van der Waals surface area contributed by atoms with Crippen molar-refractivity contribution < 1.29 is 17.9 Å². The zero-order valence-corrected chi connectivity index (χ0v) is 15.6. The maximum atomic E-state index is 12.1. The predicted octanol–water partition coefficient (Wildman–Crippen LogP) is 2.55. The van der Waals surface area contributed by atoms with E-state index in [1.165, 1.54) is 6.26 Å². The van der Waals surface area contributed by atoms with E-state index in [0.29, 0.717) is 16.0 Å². The van der Waals surface area contributed by atoms with E-state index in [9.17, 15) is 8.42 Å². The SMILES string of the molecule is CNC(c1ccc(OC)c(Br)c1OC)C(C)(C)S(C)(=O)=O. The van der Waals surface area contributed by atoms with Gasteiger partial charge in [-0.3, -0.25) is 0 Å². The topological polar surface area (TPSA) is 64.6 Å². The smallest absolute Gasteiger partial charge is 0.154 e. The molecule has 1 unspecified atom stereocenters. The normalized spacial score (nSPS) is 13.9. The third kappa shape index (κ3) is 3.35. The second kappa shape index (κ2) is 6.54. The van der Waals surface area contributed by atoms with Crippen LogP contribution in [0.4, 0.5) is 0 Å². The first-order chi connectivity index (χ1) is 9.61. The van der Waals surface area contributed by atoms with Gasteiger partial charge in [-0.15, -0.1) is 0 Å². The maximum Gasteiger partial charge on any atom is 0.154 e. The first kappa shape index (κ1) is 18.3. The second-order valence-electron chi connectivity index (χ2n) is 5.30. The van der Waals surface area contributed by atoms with Gasteiger partial charge in [0.15, 0.2) is 9.84 Å². The minimum Gasteiger partial charge on any atom is -0.495 e. The van der Waals surface area contributed by atoms with Crippen molar-refractivity contribution in [1.82, 2.24) is 5.32 Å². The summed E-state index contributed by atoms with van der Waals surface area (Å²) in [6, 6.07) is 3.17. The first-order valence-corrected chi connectivity index (χ1v) is 9.07. The highest BCUT2D eigenvalue weighted by Crippen LogP contribution is 2.43. The van der Waals surface area contributed by atoms with Crippen LogP contribution >= 0.6 is 15.9 Å². The zero-order valence-electron chi connectivity index (χ0n) is 13.2. The van der Waals surface area contributed by atoms with E-state index in [-0.39, 0.29) is 0 Å². The molecule has 21 heavy (non-hydrogen) atoms. The van der Waals surface area contributed by atoms with Crippen LogP contribution in [0.5, 0.6) is 11.5 Å². The Morgan fingerprint density at radius 2 is 1.81 bits per heavy atom. The molecule has 0 radical (unpaired) electrons. The highest BCUT2D eigenvalue weighted by molar-refractivity contribution is 9.10. The third-order valence-electron chi connectivity index (χ3n) is 3.77. The standard InChI is InChI=1S/C14H22BrNO4S/c1-14(2,21(6,17)18)13(16-3)9-7-8-10(19-4)11(15)12(9)20-5/h7-8,13,16H,1-6H3. The Bertz CT molecular complexity index is 614. The molecule has 0 saturated carbocycles. The molecule has 0 aliphatic carbocycles. The highest BCUT2D eigenvalue weighted by Gasteiger charge is 2.40. The Morgan fingerprint density at radius 3 is 2.19 bits per heavy atom. The molecule has 0 saturated heterocycles. The average Bonchev–Trinajstić information content (AvgIpc) is 2.38. The molecule has 1 rings (SSSR count). The molecule has 1 aromatic carbocycles. The van der Waals surface area contributed by atoms with Crippen LogP contribution < -0.4 is 14.8 Å². The number of hydrogen-bond acceptors (Lipinski definition) is 5. The number of halogens is 1. The summed E-state index contributed by atoms with van der Waals surface area (Å²) in [5, 5.41) is 3.08. The van der Waals surface area contributed by atoms with Gasteiger partial charge < -0.3 is 14.8 Å². The second-order valence-corrected chi connectivity index (χ2v) is 8.69. The molecule has 1 N–H and O–H groups in total. The van der Waals surface area contributed by atoms with Gasteiger partial charge >= 0.3 is 0 Å². The molecule has 0 fully saturated rings. The summed E-state index contributed by atoms with van der Waals surface area (Å²) in [5.41, 5.74) is 0.753. The summed E-state index contributed by atoms with van der Waals surface area (Å²) in [6.45, 7) is 3.39. The Balaban J connectivity index is 3.53. The monoisotopic (exact) mass is 379 g/mol. The first-order valence-electron chi connectivity index (χ1n) is 6.39. The van der Waals surface area contributed by atoms with Crippen molar-refractivity contribution in [2.45, 2.75) is 24.6 Å². The summed E-state index contributed by atoms with van der Waals surface area (Å²) < 4.78 is 34.6. The lowest BCUT2D eigenvalue weighted by Crippen LogP contribution is -2.44. The van der Waals surface area contributed by atoms with Crippen molar-refractivity contribution in [3.05, 3.63) is 22.2 Å². The fraction of sp³-hybridized carbons (Fsp3) is 0.571. The lowest BCUT2D eigenvalue weighted by Gasteiger charge is -2.34. The van der Waals surface area contributed by atoms with E-state index in [1.807, 2.05) is 6.07 Å². The molecule has 0 heterocycles. The molecule has 1 aromatic rings. The van der Waals surface area contributed by atoms with Crippen molar-refractivity contribution in [3.8, 4) is 11.5 Å². The molecule has 0 spiro atoms. The van der Waals surface area contributed by atoms with Gasteiger partial charge in [-0.1, -0.05) is 0 Å². The van der Waals surface area contributed by atoms with E-state index < -0.39 is 20.6 Å². The van der Waals surface area contributed by atoms with Crippen LogP contribution in [0.3, 0.4) is 0 Å². The summed E-state index contributed by atoms with van der Waals surface area (Å²) in [7, 11) is 1.56. The van der Waals surface area contributed by atoms with E-state index in [1.54, 1.807) is 41.2 Å². The largest absolute Gasteiger partial charge is 0.495 e. The molecule has 120 valence electrons. The van der Waals surface area contributed by atoms with Gasteiger partial charge in [-0.2, -0.15) is 0 Å². The minimum absolute atomic E-state index is 0.426. The molecule has 7 heteroatoms. The van der Waals surface area contributed by atoms with E-state index in [2.05, 4.69) is 21.2 Å². The predicted molar refractivity (Wildman–Crippen MR) is 88.0 cm³/mol. The fourth-order valence-corrected chi connectivity index (χ4v) is 3.59. The van der Waals surface area contributed by atoms with Crippen molar-refractivity contribution >= 4 is 25.8 Å². The minimum atomic E-state index is -3.28. The van der Waals surface area contributed by atoms with E-state index in [4.69, 9.17) is 9.47 Å². The molecule has 1 atom stereocenters. The van der Waals surface area contributed by atoms with Gasteiger partial charge in [-0.25, -0.2) is 8.42 Å². The molecular formula is C14H22BrNO4S. The molecule has 0 aliphatic heterocycles. The van der Waals surface area contributed by atoms with Crippen LogP contribution in [0.15, 0.2) is 16.6 Å². The van der Waals surface area contributed by atoms with Crippen LogP contribution in [0.25, 0.3) is 0 Å². The van der Waals surface area contributed by atoms with E-state index in [0.717, 1.165) is 5.56 Å². The number of benzene rings is 1. The van der Waals surface area contributed by atoms with Crippen LogP contribution in [-0.4, -0.2) is 40.7 Å². The van der Waals surface area contributed by atoms with Gasteiger partial charge in [0.2, 0.25) is 0 Å². The zero-order chi connectivity index (χ0) is 16.4. The summed E-state index contributed by atoms with van der Waals surface area (Å²) >= 11 is 3.44. The van der Waals surface area contributed by atoms with Gasteiger partial charge in [0.1, 0.15) is 16.0 Å². The van der Waals surface area contributed by atoms with Crippen molar-refractivity contribution in [3.63, 3.8) is 0 Å². The molecule has 0 aromatic heterocycles. The van der Waals surface area contributed by atoms with Crippen molar-refractivity contribution in [1.29, 1.82) is 0 Å². The number of ether oxygens (including phenoxy) is 2. The molecular weight excluding hydrogens is 358 g/mol. The maximum absolute atomic E-state index is 12.1. The Hall–Kier alpha value is -0.790. The van der Waals surface area contributed by atoms with Crippen molar-refractivity contribution in [2.75, 3.05) is 27.5 Å². The summed E-state index contributed by atoms with van der Waals surface area (Å²) in [5.74, 6) is 1.19. The van der Waals surface area contributed by atoms with Gasteiger partial charge in [0.25, 0.3) is 0 Å². The Kier molecular flexibility index (Phi) is 5.69. The van der Waals surface area contributed by atoms with Gasteiger partial charge in [0, 0.05) is 11.8 Å². The van der Waals surface area contributed by atoms with Gasteiger partial charge in [-0.05, 0) is 49.0 Å². The summed E-state index contributed by atoms with van der Waals surface area (Å²) in [4.78, 5) is 0. The number of nitrogens with one attached hydrogen (secondary N) is 1. The van der Waals surface area contributed by atoms with E-state index >= 15 is 0 Å². The number of methoxy groups -OCH3 is 2. The molecule has 5 nitrogen and oxygen atoms in total. The quantitative estimate of drug-likeness (QED) is 0.822. The van der Waals surface area contributed by atoms with Crippen LogP contribution in [-0.2, 0) is 9.84 Å². The molecule has 0 bridgehead atoms. The van der Waals surface area contributed by atoms with Crippen molar-refractivity contribution in [2.24, 2.45) is 0 Å². The summed E-state index contributed by atoms with van der Waals surface area (Å²) in [6.07, 6.45) is 1.24. The lowest BCUT2D eigenvalue weighted by molar-refractivity contribution is 0.371.